The highest BCUT2D eigenvalue weighted by atomic mass is 19.4. The van der Waals surface area contributed by atoms with Crippen LogP contribution in [0.2, 0.25) is 0 Å². The maximum atomic E-state index is 12.5. The first kappa shape index (κ1) is 23.5. The van der Waals surface area contributed by atoms with Gasteiger partial charge in [-0.05, 0) is 57.7 Å². The number of piperidine rings is 1. The molecular formula is C21H33F3N4O. The van der Waals surface area contributed by atoms with Crippen LogP contribution < -0.4 is 10.6 Å². The lowest BCUT2D eigenvalue weighted by Crippen LogP contribution is -2.41. The summed E-state index contributed by atoms with van der Waals surface area (Å²) >= 11 is 0. The zero-order valence-corrected chi connectivity index (χ0v) is 17.3. The fourth-order valence-corrected chi connectivity index (χ4v) is 3.49. The summed E-state index contributed by atoms with van der Waals surface area (Å²) < 4.78 is 37.4. The summed E-state index contributed by atoms with van der Waals surface area (Å²) in [5.74, 6) is 1.07. The number of hydrogen-bond acceptors (Lipinski definition) is 3. The number of halogens is 3. The third-order valence-corrected chi connectivity index (χ3v) is 5.18. The number of rotatable bonds is 8. The fraction of sp³-hybridized carbons (Fsp3) is 0.667. The monoisotopic (exact) mass is 414 g/mol. The number of nitrogens with one attached hydrogen (secondary N) is 2. The highest BCUT2D eigenvalue weighted by molar-refractivity contribution is 5.79. The van der Waals surface area contributed by atoms with Crippen LogP contribution in [-0.4, -0.2) is 61.4 Å². The summed E-state index contributed by atoms with van der Waals surface area (Å²) in [6.07, 6.45) is -2.31. The Hall–Kier alpha value is -1.80. The minimum Gasteiger partial charge on any atom is -0.386 e. The molecule has 164 valence electrons. The molecule has 2 rings (SSSR count). The Morgan fingerprint density at radius 2 is 1.86 bits per heavy atom. The van der Waals surface area contributed by atoms with Gasteiger partial charge in [0.15, 0.2) is 5.96 Å². The van der Waals surface area contributed by atoms with Gasteiger partial charge in [0.05, 0.1) is 19.2 Å². The van der Waals surface area contributed by atoms with E-state index >= 15 is 0 Å². The Labute approximate surface area is 171 Å². The number of alkyl halides is 3. The molecule has 8 heteroatoms. The van der Waals surface area contributed by atoms with Crippen LogP contribution in [0.4, 0.5) is 13.2 Å². The van der Waals surface area contributed by atoms with Gasteiger partial charge >= 0.3 is 6.18 Å². The van der Waals surface area contributed by atoms with Crippen LogP contribution in [0.3, 0.4) is 0 Å². The Morgan fingerprint density at radius 1 is 1.21 bits per heavy atom. The van der Waals surface area contributed by atoms with E-state index in [0.29, 0.717) is 38.1 Å². The molecule has 1 atom stereocenters. The van der Waals surface area contributed by atoms with E-state index in [1.54, 1.807) is 0 Å². The van der Waals surface area contributed by atoms with E-state index in [4.69, 9.17) is 0 Å². The van der Waals surface area contributed by atoms with Crippen molar-refractivity contribution in [2.45, 2.75) is 45.4 Å². The van der Waals surface area contributed by atoms with Gasteiger partial charge in [0.25, 0.3) is 0 Å². The summed E-state index contributed by atoms with van der Waals surface area (Å²) in [6.45, 7) is 5.85. The van der Waals surface area contributed by atoms with Crippen LogP contribution in [0.25, 0.3) is 0 Å². The first-order chi connectivity index (χ1) is 13.8. The lowest BCUT2D eigenvalue weighted by Gasteiger charge is -2.32. The van der Waals surface area contributed by atoms with E-state index in [0.717, 1.165) is 30.4 Å². The molecule has 1 aromatic carbocycles. The van der Waals surface area contributed by atoms with Gasteiger partial charge in [0, 0.05) is 13.1 Å². The van der Waals surface area contributed by atoms with Crippen molar-refractivity contribution in [3.63, 3.8) is 0 Å². The second-order valence-electron chi connectivity index (χ2n) is 7.70. The number of likely N-dealkylation sites (tertiary alicyclic amines) is 1. The van der Waals surface area contributed by atoms with Gasteiger partial charge < -0.3 is 15.7 Å². The maximum Gasteiger partial charge on any atom is 0.401 e. The van der Waals surface area contributed by atoms with E-state index in [1.165, 1.54) is 4.90 Å². The number of aliphatic hydroxyl groups is 1. The van der Waals surface area contributed by atoms with Crippen LogP contribution in [0.5, 0.6) is 0 Å². The second kappa shape index (κ2) is 11.4. The highest BCUT2D eigenvalue weighted by Gasteiger charge is 2.32. The molecule has 0 aliphatic carbocycles. The molecule has 0 radical (unpaired) electrons. The lowest BCUT2D eigenvalue weighted by molar-refractivity contribution is -0.148. The van der Waals surface area contributed by atoms with Crippen molar-refractivity contribution >= 4 is 5.96 Å². The second-order valence-corrected chi connectivity index (χ2v) is 7.70. The molecule has 1 aromatic rings. The molecule has 0 amide bonds. The average Bonchev–Trinajstić information content (AvgIpc) is 2.66. The largest absolute Gasteiger partial charge is 0.401 e. The normalized spacial score (nSPS) is 17.9. The highest BCUT2D eigenvalue weighted by Crippen LogP contribution is 2.24. The Morgan fingerprint density at radius 3 is 2.45 bits per heavy atom. The average molecular weight is 415 g/mol. The maximum absolute atomic E-state index is 12.5. The predicted molar refractivity (Wildman–Crippen MR) is 110 cm³/mol. The van der Waals surface area contributed by atoms with Gasteiger partial charge in [-0.15, -0.1) is 0 Å². The third kappa shape index (κ3) is 9.04. The van der Waals surface area contributed by atoms with Gasteiger partial charge in [0.1, 0.15) is 0 Å². The van der Waals surface area contributed by atoms with Gasteiger partial charge in [-0.3, -0.25) is 9.89 Å². The first-order valence-corrected chi connectivity index (χ1v) is 10.3. The van der Waals surface area contributed by atoms with Gasteiger partial charge in [-0.1, -0.05) is 29.8 Å². The molecule has 5 nitrogen and oxygen atoms in total. The standard InChI is InChI=1S/C21H33F3N4O/c1-3-25-20(27-14-19(29)18-6-4-16(2)5-7-18)26-11-8-17-9-12-28(13-10-17)15-21(22,23)24/h4-7,17,19,29H,3,8-15H2,1-2H3,(H2,25,26,27). The molecule has 1 aliphatic rings. The van der Waals surface area contributed by atoms with Crippen LogP contribution in [0.1, 0.15) is 43.4 Å². The van der Waals surface area contributed by atoms with E-state index in [1.807, 2.05) is 38.1 Å². The summed E-state index contributed by atoms with van der Waals surface area (Å²) in [5, 5.41) is 16.7. The molecule has 1 saturated heterocycles. The molecule has 0 saturated carbocycles. The smallest absolute Gasteiger partial charge is 0.386 e. The summed E-state index contributed by atoms with van der Waals surface area (Å²) in [4.78, 5) is 5.95. The summed E-state index contributed by atoms with van der Waals surface area (Å²) in [5.41, 5.74) is 1.98. The quantitative estimate of drug-likeness (QED) is 0.452. The lowest BCUT2D eigenvalue weighted by atomic mass is 9.93. The number of aliphatic hydroxyl groups excluding tert-OH is 1. The van der Waals surface area contributed by atoms with Crippen LogP contribution in [0.15, 0.2) is 29.3 Å². The summed E-state index contributed by atoms with van der Waals surface area (Å²) in [7, 11) is 0. The number of aryl methyl sites for hydroxylation is 1. The topological polar surface area (TPSA) is 59.9 Å². The number of aliphatic imine (C=N–C) groups is 1. The van der Waals surface area contributed by atoms with Crippen LogP contribution in [-0.2, 0) is 0 Å². The number of benzene rings is 1. The van der Waals surface area contributed by atoms with E-state index in [9.17, 15) is 18.3 Å². The Kier molecular flexibility index (Phi) is 9.23. The predicted octanol–water partition coefficient (Wildman–Crippen LogP) is 3.25. The molecule has 1 heterocycles. The van der Waals surface area contributed by atoms with E-state index < -0.39 is 18.8 Å². The molecule has 1 unspecified atom stereocenters. The number of nitrogens with zero attached hydrogens (tertiary/aromatic N) is 2. The van der Waals surface area contributed by atoms with E-state index in [2.05, 4.69) is 15.6 Å². The Bertz CT molecular complexity index is 626. The third-order valence-electron chi connectivity index (χ3n) is 5.18. The van der Waals surface area contributed by atoms with Gasteiger partial charge in [0.2, 0.25) is 0 Å². The van der Waals surface area contributed by atoms with Crippen molar-refractivity contribution in [2.24, 2.45) is 10.9 Å². The molecule has 0 spiro atoms. The zero-order valence-electron chi connectivity index (χ0n) is 17.3. The van der Waals surface area contributed by atoms with Gasteiger partial charge in [-0.25, -0.2) is 0 Å². The molecule has 3 N–H and O–H groups in total. The molecular weight excluding hydrogens is 381 g/mol. The molecule has 1 fully saturated rings. The number of guanidine groups is 1. The van der Waals surface area contributed by atoms with Crippen molar-refractivity contribution in [3.8, 4) is 0 Å². The minimum absolute atomic E-state index is 0.258. The molecule has 29 heavy (non-hydrogen) atoms. The molecule has 0 bridgehead atoms. The van der Waals surface area contributed by atoms with Gasteiger partial charge in [-0.2, -0.15) is 13.2 Å². The van der Waals surface area contributed by atoms with Crippen molar-refractivity contribution in [1.82, 2.24) is 15.5 Å². The number of hydrogen-bond donors (Lipinski definition) is 3. The Balaban J connectivity index is 1.73. The molecule has 1 aliphatic heterocycles. The molecule has 0 aromatic heterocycles. The van der Waals surface area contributed by atoms with E-state index in [-0.39, 0.29) is 6.54 Å². The van der Waals surface area contributed by atoms with Crippen LogP contribution in [0, 0.1) is 12.8 Å². The minimum atomic E-state index is -4.12. The SMILES string of the molecule is CCNC(=NCC(O)c1ccc(C)cc1)NCCC1CCN(CC(F)(F)F)CC1. The van der Waals surface area contributed by atoms with Crippen molar-refractivity contribution < 1.29 is 18.3 Å². The zero-order chi connectivity index (χ0) is 21.3. The summed E-state index contributed by atoms with van der Waals surface area (Å²) in [6, 6.07) is 7.74. The van der Waals surface area contributed by atoms with Crippen molar-refractivity contribution in [1.29, 1.82) is 0 Å². The van der Waals surface area contributed by atoms with Crippen LogP contribution >= 0.6 is 0 Å². The fourth-order valence-electron chi connectivity index (χ4n) is 3.49. The van der Waals surface area contributed by atoms with Crippen molar-refractivity contribution in [2.75, 3.05) is 39.3 Å². The van der Waals surface area contributed by atoms with Crippen molar-refractivity contribution in [3.05, 3.63) is 35.4 Å². The first-order valence-electron chi connectivity index (χ1n) is 10.3.